The van der Waals surface area contributed by atoms with Gasteiger partial charge in [-0.3, -0.25) is 14.2 Å². The lowest BCUT2D eigenvalue weighted by atomic mass is 10.1. The molecule has 1 atom stereocenters. The van der Waals surface area contributed by atoms with Crippen molar-refractivity contribution in [3.8, 4) is 0 Å². The lowest BCUT2D eigenvalue weighted by Crippen LogP contribution is -2.36. The SMILES string of the molecule is COCCn1c(C2CCCN2C(=O)c2sc(C)nc2C)nc2ccccc2c1=O. The number of hydrogen-bond acceptors (Lipinski definition) is 6. The topological polar surface area (TPSA) is 77.3 Å². The number of aromatic nitrogens is 3. The molecule has 7 nitrogen and oxygen atoms in total. The molecule has 2 aromatic heterocycles. The van der Waals surface area contributed by atoms with Crippen molar-refractivity contribution in [2.45, 2.75) is 39.3 Å². The van der Waals surface area contributed by atoms with E-state index in [-0.39, 0.29) is 17.5 Å². The highest BCUT2D eigenvalue weighted by atomic mass is 32.1. The van der Waals surface area contributed by atoms with Crippen molar-refractivity contribution in [1.82, 2.24) is 19.4 Å². The van der Waals surface area contributed by atoms with Crippen molar-refractivity contribution < 1.29 is 9.53 Å². The zero-order chi connectivity index (χ0) is 20.5. The van der Waals surface area contributed by atoms with E-state index in [1.165, 1.54) is 11.3 Å². The number of hydrogen-bond donors (Lipinski definition) is 0. The molecule has 3 heterocycles. The summed E-state index contributed by atoms with van der Waals surface area (Å²) in [5.41, 5.74) is 1.32. The van der Waals surface area contributed by atoms with Crippen LogP contribution in [0.2, 0.25) is 0 Å². The number of amides is 1. The second-order valence-corrected chi connectivity index (χ2v) is 8.44. The van der Waals surface area contributed by atoms with E-state index in [9.17, 15) is 9.59 Å². The molecule has 29 heavy (non-hydrogen) atoms. The van der Waals surface area contributed by atoms with Gasteiger partial charge in [-0.05, 0) is 38.8 Å². The van der Waals surface area contributed by atoms with Crippen LogP contribution in [0.3, 0.4) is 0 Å². The molecular weight excluding hydrogens is 388 g/mol. The standard InChI is InChI=1S/C21H24N4O3S/c1-13-18(29-14(2)22-13)21(27)24-10-6-9-17(24)19-23-16-8-5-4-7-15(16)20(26)25(19)11-12-28-3/h4-5,7-8,17H,6,9-12H2,1-3H3. The highest BCUT2D eigenvalue weighted by Crippen LogP contribution is 2.34. The summed E-state index contributed by atoms with van der Waals surface area (Å²) in [6.07, 6.45) is 1.65. The molecule has 1 amide bonds. The fourth-order valence-corrected chi connectivity index (χ4v) is 4.85. The van der Waals surface area contributed by atoms with Crippen LogP contribution in [0.15, 0.2) is 29.1 Å². The number of benzene rings is 1. The van der Waals surface area contributed by atoms with Gasteiger partial charge < -0.3 is 9.64 Å². The van der Waals surface area contributed by atoms with Crippen LogP contribution in [0.5, 0.6) is 0 Å². The number of methoxy groups -OCH3 is 1. The Balaban J connectivity index is 1.80. The first-order valence-electron chi connectivity index (χ1n) is 9.74. The fraction of sp³-hybridized carbons (Fsp3) is 0.429. The van der Waals surface area contributed by atoms with Crippen molar-refractivity contribution in [2.24, 2.45) is 0 Å². The predicted octanol–water partition coefficient (Wildman–Crippen LogP) is 3.09. The molecular formula is C21H24N4O3S. The molecule has 3 aromatic rings. The molecule has 1 aliphatic rings. The quantitative estimate of drug-likeness (QED) is 0.644. The molecule has 4 rings (SSSR count). The average molecular weight is 413 g/mol. The summed E-state index contributed by atoms with van der Waals surface area (Å²) in [6, 6.07) is 7.11. The Morgan fingerprint density at radius 3 is 2.79 bits per heavy atom. The smallest absolute Gasteiger partial charge is 0.266 e. The van der Waals surface area contributed by atoms with E-state index in [2.05, 4.69) is 4.98 Å². The van der Waals surface area contributed by atoms with Crippen molar-refractivity contribution in [3.63, 3.8) is 0 Å². The maximum Gasteiger partial charge on any atom is 0.266 e. The number of fused-ring (bicyclic) bond motifs is 1. The summed E-state index contributed by atoms with van der Waals surface area (Å²) in [5.74, 6) is 0.604. The lowest BCUT2D eigenvalue weighted by Gasteiger charge is -2.26. The van der Waals surface area contributed by atoms with Crippen molar-refractivity contribution >= 4 is 28.1 Å². The lowest BCUT2D eigenvalue weighted by molar-refractivity contribution is 0.0729. The Labute approximate surface area is 173 Å². The third kappa shape index (κ3) is 3.58. The predicted molar refractivity (Wildman–Crippen MR) is 112 cm³/mol. The molecule has 1 saturated heterocycles. The van der Waals surface area contributed by atoms with Gasteiger partial charge in [-0.15, -0.1) is 11.3 Å². The molecule has 1 unspecified atom stereocenters. The molecule has 0 N–H and O–H groups in total. The van der Waals surface area contributed by atoms with Gasteiger partial charge in [0.25, 0.3) is 11.5 Å². The Hall–Kier alpha value is -2.58. The highest BCUT2D eigenvalue weighted by molar-refractivity contribution is 7.13. The summed E-state index contributed by atoms with van der Waals surface area (Å²) < 4.78 is 6.89. The van der Waals surface area contributed by atoms with E-state index in [0.29, 0.717) is 41.3 Å². The van der Waals surface area contributed by atoms with E-state index in [0.717, 1.165) is 23.5 Å². The monoisotopic (exact) mass is 412 g/mol. The molecule has 1 fully saturated rings. The van der Waals surface area contributed by atoms with Gasteiger partial charge in [0.2, 0.25) is 0 Å². The zero-order valence-corrected chi connectivity index (χ0v) is 17.7. The highest BCUT2D eigenvalue weighted by Gasteiger charge is 2.35. The number of aryl methyl sites for hydroxylation is 2. The van der Waals surface area contributed by atoms with Crippen LogP contribution >= 0.6 is 11.3 Å². The molecule has 1 aromatic carbocycles. The summed E-state index contributed by atoms with van der Waals surface area (Å²) in [6.45, 7) is 5.22. The Kier molecular flexibility index (Phi) is 5.47. The van der Waals surface area contributed by atoms with E-state index >= 15 is 0 Å². The Morgan fingerprint density at radius 2 is 2.07 bits per heavy atom. The van der Waals surface area contributed by atoms with Crippen LogP contribution in [0.1, 0.15) is 45.1 Å². The van der Waals surface area contributed by atoms with Crippen LogP contribution in [-0.2, 0) is 11.3 Å². The molecule has 0 bridgehead atoms. The second-order valence-electron chi connectivity index (χ2n) is 7.24. The van der Waals surface area contributed by atoms with Gasteiger partial charge >= 0.3 is 0 Å². The first kappa shape index (κ1) is 19.7. The van der Waals surface area contributed by atoms with Crippen molar-refractivity contribution in [2.75, 3.05) is 20.3 Å². The molecule has 0 radical (unpaired) electrons. The van der Waals surface area contributed by atoms with E-state index in [1.54, 1.807) is 17.7 Å². The van der Waals surface area contributed by atoms with E-state index < -0.39 is 0 Å². The molecule has 0 aliphatic carbocycles. The molecule has 152 valence electrons. The number of nitrogens with zero attached hydrogens (tertiary/aromatic N) is 4. The number of carbonyl (C=O) groups is 1. The van der Waals surface area contributed by atoms with E-state index in [4.69, 9.17) is 9.72 Å². The maximum absolute atomic E-state index is 13.3. The Morgan fingerprint density at radius 1 is 1.28 bits per heavy atom. The van der Waals surface area contributed by atoms with Gasteiger partial charge in [0.05, 0.1) is 40.8 Å². The molecule has 0 spiro atoms. The molecule has 8 heteroatoms. The number of para-hydroxylation sites is 1. The average Bonchev–Trinajstić information content (AvgIpc) is 3.33. The number of likely N-dealkylation sites (tertiary alicyclic amines) is 1. The van der Waals surface area contributed by atoms with Gasteiger partial charge in [0.15, 0.2) is 0 Å². The fourth-order valence-electron chi connectivity index (χ4n) is 3.98. The van der Waals surface area contributed by atoms with Gasteiger partial charge in [-0.25, -0.2) is 9.97 Å². The van der Waals surface area contributed by atoms with Crippen molar-refractivity contribution in [3.05, 3.63) is 56.0 Å². The van der Waals surface area contributed by atoms with Gasteiger partial charge in [-0.2, -0.15) is 0 Å². The van der Waals surface area contributed by atoms with Gasteiger partial charge in [-0.1, -0.05) is 12.1 Å². The third-order valence-corrected chi connectivity index (χ3v) is 6.38. The molecule has 0 saturated carbocycles. The summed E-state index contributed by atoms with van der Waals surface area (Å²) >= 11 is 1.42. The zero-order valence-electron chi connectivity index (χ0n) is 16.8. The first-order valence-corrected chi connectivity index (χ1v) is 10.6. The largest absolute Gasteiger partial charge is 0.383 e. The normalized spacial score (nSPS) is 16.7. The minimum Gasteiger partial charge on any atom is -0.383 e. The number of ether oxygens (including phenoxy) is 1. The van der Waals surface area contributed by atoms with Crippen molar-refractivity contribution in [1.29, 1.82) is 0 Å². The molecule has 1 aliphatic heterocycles. The minimum atomic E-state index is -0.238. The number of carbonyl (C=O) groups excluding carboxylic acids is 1. The first-order chi connectivity index (χ1) is 14.0. The van der Waals surface area contributed by atoms with Crippen LogP contribution in [0, 0.1) is 13.8 Å². The van der Waals surface area contributed by atoms with Crippen LogP contribution in [0.25, 0.3) is 10.9 Å². The second kappa shape index (κ2) is 8.04. The van der Waals surface area contributed by atoms with Crippen LogP contribution in [0.4, 0.5) is 0 Å². The van der Waals surface area contributed by atoms with Gasteiger partial charge in [0.1, 0.15) is 10.7 Å². The van der Waals surface area contributed by atoms with Crippen LogP contribution in [-0.4, -0.2) is 45.6 Å². The van der Waals surface area contributed by atoms with E-state index in [1.807, 2.05) is 36.9 Å². The Bertz CT molecular complexity index is 1120. The number of rotatable bonds is 5. The maximum atomic E-state index is 13.3. The summed E-state index contributed by atoms with van der Waals surface area (Å²) in [5, 5.41) is 1.46. The van der Waals surface area contributed by atoms with Crippen LogP contribution < -0.4 is 5.56 Å². The minimum absolute atomic E-state index is 0.0312. The summed E-state index contributed by atoms with van der Waals surface area (Å²) in [4.78, 5) is 38.2. The summed E-state index contributed by atoms with van der Waals surface area (Å²) in [7, 11) is 1.61. The third-order valence-electron chi connectivity index (χ3n) is 5.32. The number of thiazole rings is 1. The van der Waals surface area contributed by atoms with Gasteiger partial charge in [0, 0.05) is 13.7 Å².